The van der Waals surface area contributed by atoms with Crippen LogP contribution < -0.4 is 10.3 Å². The van der Waals surface area contributed by atoms with Crippen LogP contribution in [0.1, 0.15) is 29.7 Å². The largest absolute Gasteiger partial charge is 0.497 e. The van der Waals surface area contributed by atoms with Crippen LogP contribution in [0.25, 0.3) is 0 Å². The van der Waals surface area contributed by atoms with Gasteiger partial charge in [0, 0.05) is 13.0 Å². The highest BCUT2D eigenvalue weighted by Gasteiger charge is 2.53. The van der Waals surface area contributed by atoms with E-state index in [-0.39, 0.29) is 11.5 Å². The molecule has 6 heteroatoms. The van der Waals surface area contributed by atoms with Gasteiger partial charge in [-0.3, -0.25) is 9.59 Å². The molecule has 4 rings (SSSR count). The fraction of sp³-hybridized carbons (Fsp3) is 0.389. The summed E-state index contributed by atoms with van der Waals surface area (Å²) in [7, 11) is 1.63. The summed E-state index contributed by atoms with van der Waals surface area (Å²) in [6.07, 6.45) is 3.73. The van der Waals surface area contributed by atoms with E-state index in [1.54, 1.807) is 12.0 Å². The van der Waals surface area contributed by atoms with Crippen molar-refractivity contribution in [3.8, 4) is 5.75 Å². The van der Waals surface area contributed by atoms with Crippen molar-refractivity contribution >= 4 is 5.91 Å². The molecule has 0 saturated heterocycles. The Kier molecular flexibility index (Phi) is 3.40. The average molecular weight is 325 g/mol. The third-order valence-corrected chi connectivity index (χ3v) is 5.07. The zero-order valence-corrected chi connectivity index (χ0v) is 13.5. The first kappa shape index (κ1) is 14.9. The number of ether oxygens (including phenoxy) is 1. The summed E-state index contributed by atoms with van der Waals surface area (Å²) >= 11 is 0. The molecule has 0 spiro atoms. The predicted molar refractivity (Wildman–Crippen MR) is 87.9 cm³/mol. The summed E-state index contributed by atoms with van der Waals surface area (Å²) in [5.41, 5.74) is 1.80. The highest BCUT2D eigenvalue weighted by atomic mass is 16.5. The van der Waals surface area contributed by atoms with Crippen LogP contribution in [0.5, 0.6) is 5.75 Å². The van der Waals surface area contributed by atoms with E-state index < -0.39 is 5.41 Å². The summed E-state index contributed by atoms with van der Waals surface area (Å²) in [6.45, 7) is 0.942. The number of amides is 1. The summed E-state index contributed by atoms with van der Waals surface area (Å²) < 4.78 is 5.29. The van der Waals surface area contributed by atoms with E-state index in [1.165, 1.54) is 6.33 Å². The third-order valence-electron chi connectivity index (χ3n) is 5.07. The normalized spacial score (nSPS) is 18.0. The molecule has 0 unspecified atom stereocenters. The monoisotopic (exact) mass is 325 g/mol. The molecule has 24 heavy (non-hydrogen) atoms. The molecule has 1 aliphatic carbocycles. The second-order valence-electron chi connectivity index (χ2n) is 6.45. The van der Waals surface area contributed by atoms with Gasteiger partial charge >= 0.3 is 0 Å². The van der Waals surface area contributed by atoms with Crippen molar-refractivity contribution in [2.24, 2.45) is 0 Å². The number of fused-ring (bicyclic) bond motifs is 1. The molecule has 0 atom stereocenters. The standard InChI is InChI=1S/C18H19N3O3/c1-24-13-4-2-3-12(9-13)18(6-7-18)17(23)21-8-5-15-14(10-21)16(22)20-11-19-15/h2-4,9,11H,5-8,10H2,1H3,(H,19,20,22). The van der Waals surface area contributed by atoms with Gasteiger partial charge in [0.1, 0.15) is 5.75 Å². The molecule has 1 aliphatic heterocycles. The van der Waals surface area contributed by atoms with Gasteiger partial charge in [0.05, 0.1) is 36.7 Å². The van der Waals surface area contributed by atoms with Crippen molar-refractivity contribution in [3.63, 3.8) is 0 Å². The number of hydrogen-bond donors (Lipinski definition) is 1. The number of aromatic nitrogens is 2. The highest BCUT2D eigenvalue weighted by Crippen LogP contribution is 2.50. The van der Waals surface area contributed by atoms with Crippen molar-refractivity contribution in [3.05, 3.63) is 57.8 Å². The summed E-state index contributed by atoms with van der Waals surface area (Å²) in [5, 5.41) is 0. The number of nitrogens with one attached hydrogen (secondary N) is 1. The predicted octanol–water partition coefficient (Wildman–Crippen LogP) is 1.39. The fourth-order valence-corrected chi connectivity index (χ4v) is 3.50. The van der Waals surface area contributed by atoms with Crippen molar-refractivity contribution in [1.29, 1.82) is 0 Å². The Labute approximate surface area is 139 Å². The lowest BCUT2D eigenvalue weighted by Gasteiger charge is -2.31. The maximum absolute atomic E-state index is 13.2. The first-order valence-corrected chi connectivity index (χ1v) is 8.13. The van der Waals surface area contributed by atoms with Crippen LogP contribution in [0.15, 0.2) is 35.4 Å². The van der Waals surface area contributed by atoms with E-state index >= 15 is 0 Å². The van der Waals surface area contributed by atoms with Crippen molar-refractivity contribution in [1.82, 2.24) is 14.9 Å². The van der Waals surface area contributed by atoms with Gasteiger partial charge < -0.3 is 14.6 Å². The minimum Gasteiger partial charge on any atom is -0.497 e. The van der Waals surface area contributed by atoms with E-state index in [4.69, 9.17) is 4.74 Å². The summed E-state index contributed by atoms with van der Waals surface area (Å²) in [4.78, 5) is 33.8. The quantitative estimate of drug-likeness (QED) is 0.925. The van der Waals surface area contributed by atoms with Crippen molar-refractivity contribution in [2.75, 3.05) is 13.7 Å². The molecule has 124 valence electrons. The number of carbonyl (C=O) groups excluding carboxylic acids is 1. The second-order valence-corrected chi connectivity index (χ2v) is 6.45. The Morgan fingerprint density at radius 1 is 1.38 bits per heavy atom. The Hall–Kier alpha value is -2.63. The number of nitrogens with zero attached hydrogens (tertiary/aromatic N) is 2. The molecule has 6 nitrogen and oxygen atoms in total. The topological polar surface area (TPSA) is 75.3 Å². The Morgan fingerprint density at radius 3 is 2.96 bits per heavy atom. The lowest BCUT2D eigenvalue weighted by atomic mass is 9.93. The van der Waals surface area contributed by atoms with E-state index in [2.05, 4.69) is 9.97 Å². The maximum Gasteiger partial charge on any atom is 0.255 e. The Bertz CT molecular complexity index is 855. The number of benzene rings is 1. The molecule has 1 N–H and O–H groups in total. The molecule has 1 aromatic carbocycles. The molecule has 1 fully saturated rings. The number of rotatable bonds is 3. The van der Waals surface area contributed by atoms with Crippen LogP contribution >= 0.6 is 0 Å². The number of carbonyl (C=O) groups is 1. The van der Waals surface area contributed by atoms with Gasteiger partial charge in [-0.15, -0.1) is 0 Å². The molecule has 2 aromatic rings. The molecule has 2 heterocycles. The van der Waals surface area contributed by atoms with Gasteiger partial charge in [0.15, 0.2) is 0 Å². The minimum absolute atomic E-state index is 0.102. The van der Waals surface area contributed by atoms with Crippen LogP contribution in [-0.2, 0) is 23.2 Å². The molecule has 1 aromatic heterocycles. The van der Waals surface area contributed by atoms with Gasteiger partial charge in [-0.1, -0.05) is 12.1 Å². The van der Waals surface area contributed by atoms with E-state index in [9.17, 15) is 9.59 Å². The van der Waals surface area contributed by atoms with Gasteiger partial charge in [-0.25, -0.2) is 4.98 Å². The van der Waals surface area contributed by atoms with Crippen molar-refractivity contribution < 1.29 is 9.53 Å². The third kappa shape index (κ3) is 2.29. The first-order valence-electron chi connectivity index (χ1n) is 8.13. The SMILES string of the molecule is COc1cccc(C2(C(=O)N3CCc4nc[nH]c(=O)c4C3)CC2)c1. The van der Waals surface area contributed by atoms with Crippen LogP contribution in [0.4, 0.5) is 0 Å². The van der Waals surface area contributed by atoms with Crippen LogP contribution in [-0.4, -0.2) is 34.4 Å². The molecular weight excluding hydrogens is 306 g/mol. The number of H-pyrrole nitrogens is 1. The smallest absolute Gasteiger partial charge is 0.255 e. The van der Waals surface area contributed by atoms with Gasteiger partial charge in [0.25, 0.3) is 5.56 Å². The molecule has 2 aliphatic rings. The van der Waals surface area contributed by atoms with E-state index in [0.29, 0.717) is 25.1 Å². The lowest BCUT2D eigenvalue weighted by Crippen LogP contribution is -2.44. The van der Waals surface area contributed by atoms with Gasteiger partial charge in [-0.2, -0.15) is 0 Å². The number of aromatic amines is 1. The lowest BCUT2D eigenvalue weighted by molar-refractivity contribution is -0.135. The van der Waals surface area contributed by atoms with E-state index in [0.717, 1.165) is 29.8 Å². The van der Waals surface area contributed by atoms with Crippen LogP contribution in [0.2, 0.25) is 0 Å². The minimum atomic E-state index is -0.457. The molecule has 0 radical (unpaired) electrons. The number of methoxy groups -OCH3 is 1. The Morgan fingerprint density at radius 2 is 2.21 bits per heavy atom. The molecular formula is C18H19N3O3. The van der Waals surface area contributed by atoms with Crippen molar-refractivity contribution in [2.45, 2.75) is 31.2 Å². The highest BCUT2D eigenvalue weighted by molar-refractivity contribution is 5.91. The van der Waals surface area contributed by atoms with Crippen LogP contribution in [0.3, 0.4) is 0 Å². The van der Waals surface area contributed by atoms with E-state index in [1.807, 2.05) is 24.3 Å². The summed E-state index contributed by atoms with van der Waals surface area (Å²) in [5.74, 6) is 0.862. The maximum atomic E-state index is 13.2. The fourth-order valence-electron chi connectivity index (χ4n) is 3.50. The first-order chi connectivity index (χ1) is 11.6. The second kappa shape index (κ2) is 5.47. The zero-order valence-electron chi connectivity index (χ0n) is 13.5. The van der Waals surface area contributed by atoms with Gasteiger partial charge in [0.2, 0.25) is 5.91 Å². The zero-order chi connectivity index (χ0) is 16.7. The number of hydrogen-bond acceptors (Lipinski definition) is 4. The Balaban J connectivity index is 1.62. The molecule has 1 saturated carbocycles. The average Bonchev–Trinajstić information content (AvgIpc) is 3.43. The van der Waals surface area contributed by atoms with Crippen LogP contribution in [0, 0.1) is 0 Å². The molecule has 0 bridgehead atoms. The molecule has 1 amide bonds. The summed E-state index contributed by atoms with van der Waals surface area (Å²) in [6, 6.07) is 7.73. The van der Waals surface area contributed by atoms with Gasteiger partial charge in [-0.05, 0) is 30.5 Å².